The Bertz CT molecular complexity index is 901. The van der Waals surface area contributed by atoms with E-state index in [0.29, 0.717) is 4.90 Å². The molecular formula is C17H17FN2O3S2. The number of aryl methyl sites for hydroxylation is 2. The molecule has 0 saturated carbocycles. The fourth-order valence-corrected chi connectivity index (χ4v) is 4.29. The topological polar surface area (TPSA) is 75.3 Å². The van der Waals surface area contributed by atoms with Crippen molar-refractivity contribution in [3.05, 3.63) is 59.4 Å². The van der Waals surface area contributed by atoms with Crippen molar-refractivity contribution in [2.24, 2.45) is 0 Å². The molecule has 8 heteroatoms. The highest BCUT2D eigenvalue weighted by Crippen LogP contribution is 2.24. The lowest BCUT2D eigenvalue weighted by atomic mass is 10.1. The van der Waals surface area contributed by atoms with Crippen LogP contribution in [0.15, 0.2) is 52.3 Å². The molecule has 1 aliphatic rings. The third-order valence-electron chi connectivity index (χ3n) is 3.90. The fraction of sp³-hybridized carbons (Fsp3) is 0.235. The van der Waals surface area contributed by atoms with E-state index in [2.05, 4.69) is 10.3 Å². The van der Waals surface area contributed by atoms with E-state index in [4.69, 9.17) is 0 Å². The summed E-state index contributed by atoms with van der Waals surface area (Å²) in [5.41, 5.74) is 4.36. The zero-order valence-corrected chi connectivity index (χ0v) is 14.9. The summed E-state index contributed by atoms with van der Waals surface area (Å²) in [6, 6.07) is 11.1. The second kappa shape index (κ2) is 7.55. The van der Waals surface area contributed by atoms with Crippen molar-refractivity contribution in [3.63, 3.8) is 0 Å². The molecule has 2 aromatic rings. The first-order valence-electron chi connectivity index (χ1n) is 7.75. The zero-order chi connectivity index (χ0) is 17.9. The van der Waals surface area contributed by atoms with Crippen LogP contribution in [0.2, 0.25) is 0 Å². The van der Waals surface area contributed by atoms with Crippen LogP contribution in [0.25, 0.3) is 0 Å². The Hall–Kier alpha value is -1.90. The Kier molecular flexibility index (Phi) is 5.41. The van der Waals surface area contributed by atoms with E-state index < -0.39 is 21.7 Å². The summed E-state index contributed by atoms with van der Waals surface area (Å²) >= 11 is 0.996. The minimum absolute atomic E-state index is 0.104. The lowest BCUT2D eigenvalue weighted by Gasteiger charge is -2.10. The number of sulfonamides is 1. The van der Waals surface area contributed by atoms with E-state index in [1.807, 2.05) is 6.07 Å². The van der Waals surface area contributed by atoms with Crippen molar-refractivity contribution in [2.75, 3.05) is 5.75 Å². The van der Waals surface area contributed by atoms with Crippen molar-refractivity contribution in [3.8, 4) is 0 Å². The number of thioether (sulfide) groups is 1. The minimum atomic E-state index is -3.83. The Morgan fingerprint density at radius 3 is 2.68 bits per heavy atom. The minimum Gasteiger partial charge on any atom is -0.277 e. The highest BCUT2D eigenvalue weighted by atomic mass is 32.2. The number of nitrogens with one attached hydrogen (secondary N) is 2. The maximum atomic E-state index is 13.5. The van der Waals surface area contributed by atoms with Crippen molar-refractivity contribution in [1.82, 2.24) is 10.3 Å². The number of hydrogen-bond donors (Lipinski definition) is 2. The van der Waals surface area contributed by atoms with Gasteiger partial charge in [0.25, 0.3) is 10.0 Å². The largest absolute Gasteiger partial charge is 0.277 e. The molecule has 0 saturated heterocycles. The van der Waals surface area contributed by atoms with Gasteiger partial charge in [-0.05, 0) is 54.7 Å². The van der Waals surface area contributed by atoms with Crippen LogP contribution in [0, 0.1) is 5.82 Å². The summed E-state index contributed by atoms with van der Waals surface area (Å²) in [6.45, 7) is 0. The molecule has 0 aliphatic heterocycles. The second-order valence-corrected chi connectivity index (χ2v) is 8.36. The summed E-state index contributed by atoms with van der Waals surface area (Å²) in [6.07, 6.45) is 2.85. The molecule has 0 fully saturated rings. The van der Waals surface area contributed by atoms with Crippen molar-refractivity contribution >= 4 is 27.7 Å². The van der Waals surface area contributed by atoms with Gasteiger partial charge in [-0.2, -0.15) is 0 Å². The van der Waals surface area contributed by atoms with Crippen LogP contribution < -0.4 is 10.3 Å². The Morgan fingerprint density at radius 1 is 1.12 bits per heavy atom. The Morgan fingerprint density at radius 2 is 1.88 bits per heavy atom. The normalized spacial score (nSPS) is 13.5. The van der Waals surface area contributed by atoms with E-state index >= 15 is 0 Å². The molecule has 25 heavy (non-hydrogen) atoms. The third kappa shape index (κ3) is 4.39. The van der Waals surface area contributed by atoms with Crippen LogP contribution in [0.3, 0.4) is 0 Å². The van der Waals surface area contributed by atoms with Crippen molar-refractivity contribution in [1.29, 1.82) is 0 Å². The average Bonchev–Trinajstić information content (AvgIpc) is 3.07. The van der Waals surface area contributed by atoms with Gasteiger partial charge in [0.1, 0.15) is 5.82 Å². The van der Waals surface area contributed by atoms with Crippen LogP contribution in [0.5, 0.6) is 0 Å². The first kappa shape index (κ1) is 17.9. The van der Waals surface area contributed by atoms with E-state index in [0.717, 1.165) is 36.6 Å². The Labute approximate surface area is 150 Å². The molecule has 0 unspecified atom stereocenters. The number of hydrazine groups is 1. The fourth-order valence-electron chi connectivity index (χ4n) is 2.64. The molecule has 132 valence electrons. The number of amides is 1. The van der Waals surface area contributed by atoms with Gasteiger partial charge in [-0.25, -0.2) is 12.8 Å². The highest BCUT2D eigenvalue weighted by molar-refractivity contribution is 8.00. The van der Waals surface area contributed by atoms with Gasteiger partial charge in [0, 0.05) is 4.90 Å². The van der Waals surface area contributed by atoms with Crippen LogP contribution in [-0.4, -0.2) is 20.1 Å². The molecule has 0 bridgehead atoms. The number of hydrogen-bond acceptors (Lipinski definition) is 4. The number of rotatable bonds is 6. The van der Waals surface area contributed by atoms with Crippen LogP contribution in [-0.2, 0) is 27.7 Å². The highest BCUT2D eigenvalue weighted by Gasteiger charge is 2.19. The van der Waals surface area contributed by atoms with Gasteiger partial charge in [-0.3, -0.25) is 10.2 Å². The Balaban J connectivity index is 1.57. The van der Waals surface area contributed by atoms with Gasteiger partial charge in [0.2, 0.25) is 5.91 Å². The molecule has 0 atom stereocenters. The number of carbonyl (C=O) groups is 1. The lowest BCUT2D eigenvalue weighted by Crippen LogP contribution is -2.42. The molecular weight excluding hydrogens is 363 g/mol. The first-order valence-corrected chi connectivity index (χ1v) is 10.2. The summed E-state index contributed by atoms with van der Waals surface area (Å²) in [7, 11) is -3.83. The molecule has 0 aromatic heterocycles. The number of benzene rings is 2. The zero-order valence-electron chi connectivity index (χ0n) is 13.3. The first-order chi connectivity index (χ1) is 12.0. The predicted octanol–water partition coefficient (Wildman–Crippen LogP) is 2.42. The van der Waals surface area contributed by atoms with Gasteiger partial charge in [-0.15, -0.1) is 16.6 Å². The van der Waals surface area contributed by atoms with Gasteiger partial charge in [0.05, 0.1) is 10.6 Å². The number of fused-ring (bicyclic) bond motifs is 1. The van der Waals surface area contributed by atoms with Crippen molar-refractivity contribution in [2.45, 2.75) is 29.1 Å². The van der Waals surface area contributed by atoms with Crippen molar-refractivity contribution < 1.29 is 17.6 Å². The standard InChI is InChI=1S/C17H17FN2O3S2/c18-15-6-1-2-7-16(15)24-11-17(21)19-20-25(22,23)14-9-8-12-4-3-5-13(12)10-14/h1-2,6-10,20H,3-5,11H2,(H,19,21). The van der Waals surface area contributed by atoms with E-state index in [-0.39, 0.29) is 10.6 Å². The molecule has 0 spiro atoms. The molecule has 1 amide bonds. The molecule has 2 aromatic carbocycles. The lowest BCUT2D eigenvalue weighted by molar-refractivity contribution is -0.119. The monoisotopic (exact) mass is 380 g/mol. The maximum absolute atomic E-state index is 13.5. The SMILES string of the molecule is O=C(CSc1ccccc1F)NNS(=O)(=O)c1ccc2c(c1)CCC2. The van der Waals surface area contributed by atoms with E-state index in [1.54, 1.807) is 24.3 Å². The van der Waals surface area contributed by atoms with Gasteiger partial charge >= 0.3 is 0 Å². The number of halogens is 1. The summed E-state index contributed by atoms with van der Waals surface area (Å²) < 4.78 is 38.0. The summed E-state index contributed by atoms with van der Waals surface area (Å²) in [4.78, 5) is 14.3. The molecule has 2 N–H and O–H groups in total. The summed E-state index contributed by atoms with van der Waals surface area (Å²) in [5, 5.41) is 0. The van der Waals surface area contributed by atoms with Crippen LogP contribution in [0.4, 0.5) is 4.39 Å². The third-order valence-corrected chi connectivity index (χ3v) is 6.19. The molecule has 0 radical (unpaired) electrons. The molecule has 3 rings (SSSR count). The second-order valence-electron chi connectivity index (χ2n) is 5.66. The quantitative estimate of drug-likeness (QED) is 0.596. The van der Waals surface area contributed by atoms with Crippen LogP contribution in [0.1, 0.15) is 17.5 Å². The molecule has 0 heterocycles. The number of carbonyl (C=O) groups excluding carboxylic acids is 1. The average molecular weight is 380 g/mol. The molecule has 5 nitrogen and oxygen atoms in total. The van der Waals surface area contributed by atoms with Gasteiger partial charge in [-0.1, -0.05) is 18.2 Å². The maximum Gasteiger partial charge on any atom is 0.257 e. The van der Waals surface area contributed by atoms with E-state index in [9.17, 15) is 17.6 Å². The van der Waals surface area contributed by atoms with E-state index in [1.165, 1.54) is 17.7 Å². The van der Waals surface area contributed by atoms with Crippen LogP contribution >= 0.6 is 11.8 Å². The smallest absolute Gasteiger partial charge is 0.257 e. The summed E-state index contributed by atoms with van der Waals surface area (Å²) in [5.74, 6) is -1.08. The van der Waals surface area contributed by atoms with Gasteiger partial charge in [0.15, 0.2) is 0 Å². The predicted molar refractivity (Wildman–Crippen MR) is 94.1 cm³/mol. The molecule has 1 aliphatic carbocycles. The van der Waals surface area contributed by atoms with Gasteiger partial charge < -0.3 is 0 Å².